The number of carbonyl (C=O) groups excluding carboxylic acids is 2. The summed E-state index contributed by atoms with van der Waals surface area (Å²) in [4.78, 5) is 31.5. The second-order valence-electron chi connectivity index (χ2n) is 3.46. The molecule has 1 atom stereocenters. The van der Waals surface area contributed by atoms with E-state index in [0.29, 0.717) is 17.4 Å². The largest absolute Gasteiger partial charge is 0.398 e. The van der Waals surface area contributed by atoms with Gasteiger partial charge in [0.25, 0.3) is 5.91 Å². The molecule has 0 unspecified atom stereocenters. The Labute approximate surface area is 106 Å². The molecule has 1 aliphatic rings. The molecule has 8 nitrogen and oxygen atoms in total. The summed E-state index contributed by atoms with van der Waals surface area (Å²) in [6, 6.07) is -0.532. The van der Waals surface area contributed by atoms with Crippen molar-refractivity contribution < 1.29 is 14.4 Å². The summed E-state index contributed by atoms with van der Waals surface area (Å²) in [5.41, 5.74) is 5.80. The van der Waals surface area contributed by atoms with E-state index in [1.54, 1.807) is 5.38 Å². The SMILES string of the molecule is CON=C(C(=O)N[C@H]1CNC1=O)c1csc(N)n1. The molecule has 1 saturated heterocycles. The van der Waals surface area contributed by atoms with Crippen molar-refractivity contribution in [3.05, 3.63) is 11.1 Å². The molecule has 0 bridgehead atoms. The van der Waals surface area contributed by atoms with Gasteiger partial charge in [-0.2, -0.15) is 0 Å². The van der Waals surface area contributed by atoms with Gasteiger partial charge in [-0.3, -0.25) is 9.59 Å². The molecule has 1 fully saturated rings. The first-order valence-electron chi connectivity index (χ1n) is 5.03. The Morgan fingerprint density at radius 2 is 2.56 bits per heavy atom. The van der Waals surface area contributed by atoms with Crippen molar-refractivity contribution in [2.75, 3.05) is 19.4 Å². The number of rotatable bonds is 4. The summed E-state index contributed by atoms with van der Waals surface area (Å²) in [6.45, 7) is 0.407. The number of nitrogens with zero attached hydrogens (tertiary/aromatic N) is 2. The van der Waals surface area contributed by atoms with Crippen molar-refractivity contribution in [2.24, 2.45) is 5.16 Å². The van der Waals surface area contributed by atoms with Gasteiger partial charge >= 0.3 is 0 Å². The second kappa shape index (κ2) is 5.00. The summed E-state index contributed by atoms with van der Waals surface area (Å²) in [5, 5.41) is 10.6. The molecule has 2 heterocycles. The first-order chi connectivity index (χ1) is 8.61. The fraction of sp³-hybridized carbons (Fsp3) is 0.333. The van der Waals surface area contributed by atoms with Gasteiger partial charge in [-0.25, -0.2) is 4.98 Å². The lowest BCUT2D eigenvalue weighted by atomic mass is 10.1. The Morgan fingerprint density at radius 3 is 3.00 bits per heavy atom. The maximum Gasteiger partial charge on any atom is 0.276 e. The third kappa shape index (κ3) is 2.40. The van der Waals surface area contributed by atoms with Crippen LogP contribution in [0.15, 0.2) is 10.5 Å². The standard InChI is InChI=1S/C9H11N5O3S/c1-17-14-6(5-3-18-9(10)13-5)8(16)12-4-2-11-7(4)15/h3-4H,2H2,1H3,(H2,10,13)(H,11,15)(H,12,16)/t4-/m0/s1. The van der Waals surface area contributed by atoms with Crippen LogP contribution in [0.4, 0.5) is 5.13 Å². The Balaban J connectivity index is 2.12. The van der Waals surface area contributed by atoms with E-state index in [4.69, 9.17) is 5.73 Å². The fourth-order valence-electron chi connectivity index (χ4n) is 1.32. The van der Waals surface area contributed by atoms with Crippen LogP contribution in [0.5, 0.6) is 0 Å². The van der Waals surface area contributed by atoms with Gasteiger partial charge in [-0.05, 0) is 0 Å². The molecule has 1 aromatic rings. The van der Waals surface area contributed by atoms with Crippen LogP contribution in [0.1, 0.15) is 5.69 Å². The fourth-order valence-corrected chi connectivity index (χ4v) is 1.87. The molecule has 2 rings (SSSR count). The minimum absolute atomic E-state index is 0.00912. The predicted octanol–water partition coefficient (Wildman–Crippen LogP) is -1.31. The topological polar surface area (TPSA) is 119 Å². The van der Waals surface area contributed by atoms with E-state index in [9.17, 15) is 9.59 Å². The molecule has 0 radical (unpaired) electrons. The molecule has 0 aromatic carbocycles. The minimum atomic E-state index is -0.532. The Bertz CT molecular complexity index is 512. The van der Waals surface area contributed by atoms with Gasteiger partial charge in [0.1, 0.15) is 18.8 Å². The van der Waals surface area contributed by atoms with Gasteiger partial charge in [-0.1, -0.05) is 5.16 Å². The quantitative estimate of drug-likeness (QED) is 0.356. The van der Waals surface area contributed by atoms with Crippen molar-refractivity contribution in [1.82, 2.24) is 15.6 Å². The summed E-state index contributed by atoms with van der Waals surface area (Å²) < 4.78 is 0. The van der Waals surface area contributed by atoms with Crippen LogP contribution in [-0.4, -0.2) is 42.2 Å². The second-order valence-corrected chi connectivity index (χ2v) is 4.35. The lowest BCUT2D eigenvalue weighted by molar-refractivity contribution is -0.131. The van der Waals surface area contributed by atoms with E-state index < -0.39 is 11.9 Å². The predicted molar refractivity (Wildman–Crippen MR) is 65.0 cm³/mol. The van der Waals surface area contributed by atoms with Crippen molar-refractivity contribution in [3.63, 3.8) is 0 Å². The van der Waals surface area contributed by atoms with E-state index in [1.807, 2.05) is 0 Å². The average Bonchev–Trinajstić information content (AvgIpc) is 2.77. The zero-order valence-corrected chi connectivity index (χ0v) is 10.3. The van der Waals surface area contributed by atoms with E-state index in [1.165, 1.54) is 18.4 Å². The number of hydrogen-bond donors (Lipinski definition) is 3. The molecule has 2 amide bonds. The van der Waals surface area contributed by atoms with Gasteiger partial charge in [-0.15, -0.1) is 11.3 Å². The number of nitrogen functional groups attached to an aromatic ring is 1. The van der Waals surface area contributed by atoms with Crippen molar-refractivity contribution in [3.8, 4) is 0 Å². The lowest BCUT2D eigenvalue weighted by Gasteiger charge is -2.26. The number of β-lactam (4-membered cyclic amide) rings is 1. The van der Waals surface area contributed by atoms with E-state index in [0.717, 1.165) is 0 Å². The number of amides is 2. The number of hydrogen-bond acceptors (Lipinski definition) is 7. The highest BCUT2D eigenvalue weighted by atomic mass is 32.1. The molecular weight excluding hydrogens is 258 g/mol. The third-order valence-electron chi connectivity index (χ3n) is 2.26. The van der Waals surface area contributed by atoms with E-state index >= 15 is 0 Å². The Morgan fingerprint density at radius 1 is 1.78 bits per heavy atom. The number of anilines is 1. The smallest absolute Gasteiger partial charge is 0.276 e. The summed E-state index contributed by atoms with van der Waals surface area (Å²) >= 11 is 1.19. The first-order valence-corrected chi connectivity index (χ1v) is 5.91. The number of carbonyl (C=O) groups is 2. The molecule has 1 aromatic heterocycles. The van der Waals surface area contributed by atoms with E-state index in [-0.39, 0.29) is 11.6 Å². The number of thiazole rings is 1. The molecule has 96 valence electrons. The molecule has 0 saturated carbocycles. The average molecular weight is 269 g/mol. The van der Waals surface area contributed by atoms with Crippen LogP contribution in [0, 0.1) is 0 Å². The van der Waals surface area contributed by atoms with Crippen molar-refractivity contribution in [1.29, 1.82) is 0 Å². The maximum absolute atomic E-state index is 11.9. The highest BCUT2D eigenvalue weighted by Gasteiger charge is 2.31. The van der Waals surface area contributed by atoms with Crippen LogP contribution in [0.3, 0.4) is 0 Å². The molecule has 1 aliphatic heterocycles. The monoisotopic (exact) mass is 269 g/mol. The molecule has 4 N–H and O–H groups in total. The Kier molecular flexibility index (Phi) is 3.42. The van der Waals surface area contributed by atoms with Gasteiger partial charge in [0, 0.05) is 11.9 Å². The number of oxime groups is 1. The van der Waals surface area contributed by atoms with Crippen LogP contribution in [-0.2, 0) is 14.4 Å². The van der Waals surface area contributed by atoms with Crippen LogP contribution in [0.25, 0.3) is 0 Å². The van der Waals surface area contributed by atoms with E-state index in [2.05, 4.69) is 25.6 Å². The van der Waals surface area contributed by atoms with Gasteiger partial charge in [0.2, 0.25) is 5.91 Å². The molecule has 9 heteroatoms. The molecule has 0 aliphatic carbocycles. The van der Waals surface area contributed by atoms with Crippen LogP contribution in [0.2, 0.25) is 0 Å². The minimum Gasteiger partial charge on any atom is -0.398 e. The van der Waals surface area contributed by atoms with Crippen molar-refractivity contribution >= 4 is 34.0 Å². The molecule has 18 heavy (non-hydrogen) atoms. The maximum atomic E-state index is 11.9. The van der Waals surface area contributed by atoms with Gasteiger partial charge in [0.05, 0.1) is 0 Å². The van der Waals surface area contributed by atoms with Gasteiger partial charge < -0.3 is 21.2 Å². The zero-order chi connectivity index (χ0) is 13.1. The van der Waals surface area contributed by atoms with Crippen molar-refractivity contribution in [2.45, 2.75) is 6.04 Å². The van der Waals surface area contributed by atoms with Crippen LogP contribution < -0.4 is 16.4 Å². The van der Waals surface area contributed by atoms with Gasteiger partial charge in [0.15, 0.2) is 10.8 Å². The normalized spacial score (nSPS) is 18.8. The molecule has 0 spiro atoms. The highest BCUT2D eigenvalue weighted by molar-refractivity contribution is 7.13. The number of nitrogens with two attached hydrogens (primary N) is 1. The summed E-state index contributed by atoms with van der Waals surface area (Å²) in [7, 11) is 1.32. The van der Waals surface area contributed by atoms with Crippen LogP contribution >= 0.6 is 11.3 Å². The Hall–Kier alpha value is -2.16. The number of nitrogens with one attached hydrogen (secondary N) is 2. The first kappa shape index (κ1) is 12.3. The zero-order valence-electron chi connectivity index (χ0n) is 9.47. The third-order valence-corrected chi connectivity index (χ3v) is 2.94. The lowest BCUT2D eigenvalue weighted by Crippen LogP contribution is -2.62. The highest BCUT2D eigenvalue weighted by Crippen LogP contribution is 2.12. The molecular formula is C9H11N5O3S. The summed E-state index contributed by atoms with van der Waals surface area (Å²) in [5.74, 6) is -0.750. The number of aromatic nitrogens is 1. The summed E-state index contributed by atoms with van der Waals surface area (Å²) in [6.07, 6.45) is 0.